The maximum atomic E-state index is 10.7. The second-order valence-electron chi connectivity index (χ2n) is 4.10. The molecule has 0 amide bonds. The lowest BCUT2D eigenvalue weighted by Gasteiger charge is -2.19. The molecule has 1 aliphatic carbocycles. The van der Waals surface area contributed by atoms with Crippen molar-refractivity contribution in [1.82, 2.24) is 4.98 Å². The van der Waals surface area contributed by atoms with E-state index in [1.807, 2.05) is 0 Å². The average Bonchev–Trinajstić information content (AvgIpc) is 2.62. The van der Waals surface area contributed by atoms with Crippen molar-refractivity contribution in [1.29, 1.82) is 0 Å². The van der Waals surface area contributed by atoms with Crippen LogP contribution in [0.1, 0.15) is 60.2 Å². The number of oxazole rings is 1. The standard InChI is InChI=1S/C11H15NO3/c1-7-9(8-5-3-2-4-6-8)12-10(15-7)11(13)14/h8H,2-6H2,1H3,(H,13,14). The van der Waals surface area contributed by atoms with E-state index >= 15 is 0 Å². The highest BCUT2D eigenvalue weighted by Crippen LogP contribution is 2.33. The molecule has 2 rings (SSSR count). The van der Waals surface area contributed by atoms with Gasteiger partial charge in [0.1, 0.15) is 5.76 Å². The molecule has 1 N–H and O–H groups in total. The largest absolute Gasteiger partial charge is 0.474 e. The number of hydrogen-bond donors (Lipinski definition) is 1. The number of carboxylic acids is 1. The third-order valence-electron chi connectivity index (χ3n) is 3.01. The van der Waals surface area contributed by atoms with Crippen LogP contribution in [-0.4, -0.2) is 16.1 Å². The van der Waals surface area contributed by atoms with Gasteiger partial charge in [-0.2, -0.15) is 0 Å². The number of carboxylic acid groups (broad SMARTS) is 1. The Morgan fingerprint density at radius 3 is 2.60 bits per heavy atom. The van der Waals surface area contributed by atoms with Crippen molar-refractivity contribution < 1.29 is 14.3 Å². The minimum absolute atomic E-state index is 0.173. The van der Waals surface area contributed by atoms with Crippen LogP contribution in [0.3, 0.4) is 0 Å². The smallest absolute Gasteiger partial charge is 0.392 e. The second-order valence-corrected chi connectivity index (χ2v) is 4.10. The number of rotatable bonds is 2. The van der Waals surface area contributed by atoms with Crippen LogP contribution in [0, 0.1) is 6.92 Å². The Morgan fingerprint density at radius 1 is 1.40 bits per heavy atom. The molecule has 0 aromatic carbocycles. The number of aromatic nitrogens is 1. The molecule has 0 atom stereocenters. The third kappa shape index (κ3) is 2.03. The molecule has 4 heteroatoms. The van der Waals surface area contributed by atoms with E-state index in [0.29, 0.717) is 11.7 Å². The van der Waals surface area contributed by atoms with E-state index < -0.39 is 5.97 Å². The molecule has 4 nitrogen and oxygen atoms in total. The van der Waals surface area contributed by atoms with E-state index in [9.17, 15) is 4.79 Å². The Labute approximate surface area is 88.3 Å². The van der Waals surface area contributed by atoms with Crippen molar-refractivity contribution in [2.45, 2.75) is 44.9 Å². The molecule has 1 saturated carbocycles. The van der Waals surface area contributed by atoms with Gasteiger partial charge in [-0.1, -0.05) is 19.3 Å². The number of aryl methyl sites for hydroxylation is 1. The topological polar surface area (TPSA) is 63.3 Å². The van der Waals surface area contributed by atoms with E-state index in [2.05, 4.69) is 4.98 Å². The van der Waals surface area contributed by atoms with Crippen LogP contribution in [-0.2, 0) is 0 Å². The van der Waals surface area contributed by atoms with E-state index in [1.165, 1.54) is 19.3 Å². The molecule has 0 bridgehead atoms. The molecule has 1 fully saturated rings. The van der Waals surface area contributed by atoms with Crippen LogP contribution in [0.25, 0.3) is 0 Å². The van der Waals surface area contributed by atoms with Crippen molar-refractivity contribution in [3.8, 4) is 0 Å². The fraction of sp³-hybridized carbons (Fsp3) is 0.636. The summed E-state index contributed by atoms with van der Waals surface area (Å²) in [6, 6.07) is 0. The van der Waals surface area contributed by atoms with Gasteiger partial charge in [0, 0.05) is 5.92 Å². The fourth-order valence-corrected chi connectivity index (χ4v) is 2.25. The van der Waals surface area contributed by atoms with Gasteiger partial charge in [-0.25, -0.2) is 9.78 Å². The van der Waals surface area contributed by atoms with Crippen LogP contribution in [0.4, 0.5) is 0 Å². The van der Waals surface area contributed by atoms with Crippen LogP contribution < -0.4 is 0 Å². The first-order valence-corrected chi connectivity index (χ1v) is 5.39. The first-order chi connectivity index (χ1) is 7.18. The summed E-state index contributed by atoms with van der Waals surface area (Å²) in [7, 11) is 0. The van der Waals surface area contributed by atoms with Gasteiger partial charge in [0.15, 0.2) is 0 Å². The van der Waals surface area contributed by atoms with Crippen molar-refractivity contribution >= 4 is 5.97 Å². The fourth-order valence-electron chi connectivity index (χ4n) is 2.25. The lowest BCUT2D eigenvalue weighted by Crippen LogP contribution is -2.06. The van der Waals surface area contributed by atoms with Crippen LogP contribution in [0.5, 0.6) is 0 Å². The SMILES string of the molecule is Cc1oc(C(=O)O)nc1C1CCCCC1. The van der Waals surface area contributed by atoms with Crippen molar-refractivity contribution in [2.24, 2.45) is 0 Å². The van der Waals surface area contributed by atoms with Gasteiger partial charge in [0.05, 0.1) is 5.69 Å². The van der Waals surface area contributed by atoms with Gasteiger partial charge in [-0.05, 0) is 19.8 Å². The molecule has 0 unspecified atom stereocenters. The van der Waals surface area contributed by atoms with E-state index in [0.717, 1.165) is 18.5 Å². The van der Waals surface area contributed by atoms with Gasteiger partial charge in [-0.15, -0.1) is 0 Å². The zero-order valence-corrected chi connectivity index (χ0v) is 8.82. The number of nitrogens with zero attached hydrogens (tertiary/aromatic N) is 1. The lowest BCUT2D eigenvalue weighted by molar-refractivity contribution is 0.0652. The zero-order valence-electron chi connectivity index (χ0n) is 8.82. The normalized spacial score (nSPS) is 17.9. The Hall–Kier alpha value is -1.32. The first-order valence-electron chi connectivity index (χ1n) is 5.39. The molecule has 1 aliphatic rings. The predicted molar refractivity (Wildman–Crippen MR) is 54.0 cm³/mol. The third-order valence-corrected chi connectivity index (χ3v) is 3.01. The van der Waals surface area contributed by atoms with Crippen molar-refractivity contribution in [2.75, 3.05) is 0 Å². The quantitative estimate of drug-likeness (QED) is 0.813. The predicted octanol–water partition coefficient (Wildman–Crippen LogP) is 2.73. The molecule has 15 heavy (non-hydrogen) atoms. The van der Waals surface area contributed by atoms with Gasteiger partial charge >= 0.3 is 11.9 Å². The molecular formula is C11H15NO3. The molecule has 1 heterocycles. The zero-order chi connectivity index (χ0) is 10.8. The highest BCUT2D eigenvalue weighted by atomic mass is 16.4. The van der Waals surface area contributed by atoms with Crippen LogP contribution >= 0.6 is 0 Å². The molecule has 0 radical (unpaired) electrons. The number of hydrogen-bond acceptors (Lipinski definition) is 3. The first kappa shape index (κ1) is 10.2. The monoisotopic (exact) mass is 209 g/mol. The summed E-state index contributed by atoms with van der Waals surface area (Å²) in [5.74, 6) is -0.192. The molecule has 1 aromatic heterocycles. The van der Waals surface area contributed by atoms with Crippen molar-refractivity contribution in [3.63, 3.8) is 0 Å². The minimum atomic E-state index is -1.08. The van der Waals surface area contributed by atoms with Crippen LogP contribution in [0.2, 0.25) is 0 Å². The highest BCUT2D eigenvalue weighted by molar-refractivity contribution is 5.82. The Bertz CT molecular complexity index is 364. The van der Waals surface area contributed by atoms with Gasteiger partial charge < -0.3 is 9.52 Å². The molecule has 0 saturated heterocycles. The maximum Gasteiger partial charge on any atom is 0.392 e. The summed E-state index contributed by atoms with van der Waals surface area (Å²) in [6.45, 7) is 1.80. The molecular weight excluding hydrogens is 194 g/mol. The summed E-state index contributed by atoms with van der Waals surface area (Å²) >= 11 is 0. The summed E-state index contributed by atoms with van der Waals surface area (Å²) < 4.78 is 5.12. The molecule has 0 aliphatic heterocycles. The number of carbonyl (C=O) groups is 1. The van der Waals surface area contributed by atoms with Crippen LogP contribution in [0.15, 0.2) is 4.42 Å². The lowest BCUT2D eigenvalue weighted by atomic mass is 9.86. The maximum absolute atomic E-state index is 10.7. The van der Waals surface area contributed by atoms with Gasteiger partial charge in [0.2, 0.25) is 0 Å². The van der Waals surface area contributed by atoms with Crippen molar-refractivity contribution in [3.05, 3.63) is 17.3 Å². The van der Waals surface area contributed by atoms with E-state index in [4.69, 9.17) is 9.52 Å². The minimum Gasteiger partial charge on any atom is -0.474 e. The molecule has 82 valence electrons. The molecule has 1 aromatic rings. The summed E-state index contributed by atoms with van der Waals surface area (Å²) in [4.78, 5) is 14.8. The molecule has 0 spiro atoms. The highest BCUT2D eigenvalue weighted by Gasteiger charge is 2.23. The van der Waals surface area contributed by atoms with Gasteiger partial charge in [-0.3, -0.25) is 0 Å². The summed E-state index contributed by atoms with van der Waals surface area (Å²) in [5, 5.41) is 8.76. The van der Waals surface area contributed by atoms with Gasteiger partial charge in [0.25, 0.3) is 0 Å². The van der Waals surface area contributed by atoms with E-state index in [1.54, 1.807) is 6.92 Å². The number of aromatic carboxylic acids is 1. The average molecular weight is 209 g/mol. The summed E-state index contributed by atoms with van der Waals surface area (Å²) in [6.07, 6.45) is 5.90. The summed E-state index contributed by atoms with van der Waals surface area (Å²) in [5.41, 5.74) is 0.854. The second kappa shape index (κ2) is 4.04. The Kier molecular flexibility index (Phi) is 2.75. The Morgan fingerprint density at radius 2 is 2.07 bits per heavy atom. The Balaban J connectivity index is 2.22. The van der Waals surface area contributed by atoms with E-state index in [-0.39, 0.29) is 5.89 Å².